The number of amides is 1. The Morgan fingerprint density at radius 3 is 2.86 bits per heavy atom. The van der Waals surface area contributed by atoms with Crippen LogP contribution in [0.25, 0.3) is 0 Å². The first-order chi connectivity index (χ1) is 6.63. The molecule has 82 valence electrons. The molecule has 0 saturated carbocycles. The Hall–Kier alpha value is -0.610. The van der Waals surface area contributed by atoms with E-state index in [1.807, 2.05) is 13.8 Å². The van der Waals surface area contributed by atoms with E-state index >= 15 is 0 Å². The lowest BCUT2D eigenvalue weighted by Crippen LogP contribution is -2.47. The van der Waals surface area contributed by atoms with Crippen molar-refractivity contribution in [3.8, 4) is 0 Å². The van der Waals surface area contributed by atoms with Crippen molar-refractivity contribution in [1.82, 2.24) is 15.5 Å². The van der Waals surface area contributed by atoms with Gasteiger partial charge in [-0.2, -0.15) is 0 Å². The van der Waals surface area contributed by atoms with Crippen LogP contribution in [0.1, 0.15) is 20.3 Å². The molecule has 0 bridgehead atoms. The molecule has 0 aromatic rings. The van der Waals surface area contributed by atoms with E-state index in [0.717, 1.165) is 19.5 Å². The quantitative estimate of drug-likeness (QED) is 0.659. The van der Waals surface area contributed by atoms with Crippen LogP contribution in [0.5, 0.6) is 0 Å². The number of hydrogen-bond acceptors (Lipinski definition) is 3. The third-order valence-electron chi connectivity index (χ3n) is 2.62. The second-order valence-electron chi connectivity index (χ2n) is 4.03. The van der Waals surface area contributed by atoms with Crippen molar-refractivity contribution in [2.24, 2.45) is 0 Å². The minimum atomic E-state index is -0.0774. The Morgan fingerprint density at radius 2 is 2.36 bits per heavy atom. The molecule has 0 aliphatic carbocycles. The zero-order valence-corrected chi connectivity index (χ0v) is 9.34. The number of rotatable bonds is 4. The molecule has 0 aromatic carbocycles. The summed E-state index contributed by atoms with van der Waals surface area (Å²) >= 11 is 0. The van der Waals surface area contributed by atoms with Gasteiger partial charge in [-0.05, 0) is 33.9 Å². The first kappa shape index (κ1) is 11.5. The second-order valence-corrected chi connectivity index (χ2v) is 4.03. The summed E-state index contributed by atoms with van der Waals surface area (Å²) in [5.41, 5.74) is 0. The molecule has 0 radical (unpaired) electrons. The van der Waals surface area contributed by atoms with Crippen LogP contribution >= 0.6 is 0 Å². The number of nitrogens with zero attached hydrogens (tertiary/aromatic N) is 1. The molecule has 1 rings (SSSR count). The van der Waals surface area contributed by atoms with Crippen LogP contribution in [0.3, 0.4) is 0 Å². The van der Waals surface area contributed by atoms with Crippen molar-refractivity contribution >= 4 is 5.91 Å². The molecule has 1 aliphatic rings. The van der Waals surface area contributed by atoms with Gasteiger partial charge in [0.15, 0.2) is 0 Å². The lowest BCUT2D eigenvalue weighted by atomic mass is 10.2. The van der Waals surface area contributed by atoms with Gasteiger partial charge >= 0.3 is 0 Å². The van der Waals surface area contributed by atoms with E-state index in [1.54, 1.807) is 0 Å². The van der Waals surface area contributed by atoms with Gasteiger partial charge in [0.25, 0.3) is 0 Å². The molecule has 4 heteroatoms. The molecule has 1 fully saturated rings. The van der Waals surface area contributed by atoms with Gasteiger partial charge < -0.3 is 15.5 Å². The van der Waals surface area contributed by atoms with E-state index in [1.165, 1.54) is 0 Å². The maximum atomic E-state index is 11.4. The molecule has 1 saturated heterocycles. The van der Waals surface area contributed by atoms with Crippen molar-refractivity contribution < 1.29 is 4.79 Å². The topological polar surface area (TPSA) is 44.4 Å². The highest BCUT2D eigenvalue weighted by molar-refractivity contribution is 5.81. The molecular formula is C10H21N3O. The maximum absolute atomic E-state index is 11.4. The number of likely N-dealkylation sites (N-methyl/N-ethyl adjacent to an activating group) is 2. The van der Waals surface area contributed by atoms with Gasteiger partial charge in [-0.3, -0.25) is 4.79 Å². The van der Waals surface area contributed by atoms with Crippen molar-refractivity contribution in [2.45, 2.75) is 32.4 Å². The number of hydrogen-bond donors (Lipinski definition) is 2. The molecule has 2 unspecified atom stereocenters. The summed E-state index contributed by atoms with van der Waals surface area (Å²) < 4.78 is 0. The minimum Gasteiger partial charge on any atom is -0.355 e. The summed E-state index contributed by atoms with van der Waals surface area (Å²) in [6.45, 7) is 6.73. The largest absolute Gasteiger partial charge is 0.355 e. The smallest absolute Gasteiger partial charge is 0.236 e. The van der Waals surface area contributed by atoms with E-state index in [2.05, 4.69) is 22.6 Å². The summed E-state index contributed by atoms with van der Waals surface area (Å²) in [5.74, 6) is 0.0991. The molecule has 0 aromatic heterocycles. The van der Waals surface area contributed by atoms with Gasteiger partial charge in [0.1, 0.15) is 0 Å². The third kappa shape index (κ3) is 3.27. The van der Waals surface area contributed by atoms with Crippen LogP contribution in [-0.2, 0) is 4.79 Å². The maximum Gasteiger partial charge on any atom is 0.236 e. The fraction of sp³-hybridized carbons (Fsp3) is 0.900. The predicted molar refractivity (Wildman–Crippen MR) is 57.2 cm³/mol. The van der Waals surface area contributed by atoms with Gasteiger partial charge in [0, 0.05) is 19.1 Å². The van der Waals surface area contributed by atoms with E-state index < -0.39 is 0 Å². The van der Waals surface area contributed by atoms with E-state index in [4.69, 9.17) is 0 Å². The zero-order chi connectivity index (χ0) is 10.6. The van der Waals surface area contributed by atoms with Crippen LogP contribution in [0.4, 0.5) is 0 Å². The molecule has 14 heavy (non-hydrogen) atoms. The lowest BCUT2D eigenvalue weighted by molar-refractivity contribution is -0.122. The van der Waals surface area contributed by atoms with E-state index in [9.17, 15) is 4.79 Å². The highest BCUT2D eigenvalue weighted by Gasteiger charge is 2.22. The molecule has 1 heterocycles. The van der Waals surface area contributed by atoms with Crippen LogP contribution in [0.15, 0.2) is 0 Å². The molecule has 4 nitrogen and oxygen atoms in total. The van der Waals surface area contributed by atoms with E-state index in [0.29, 0.717) is 12.6 Å². The molecule has 2 N–H and O–H groups in total. The Labute approximate surface area is 86.0 Å². The summed E-state index contributed by atoms with van der Waals surface area (Å²) in [6, 6.07) is 0.393. The SMILES string of the molecule is CCNC(=O)C(C)NC1CCN(C)C1. The highest BCUT2D eigenvalue weighted by Crippen LogP contribution is 2.06. The Morgan fingerprint density at radius 1 is 1.64 bits per heavy atom. The normalized spacial score (nSPS) is 24.9. The Bertz CT molecular complexity index is 196. The fourth-order valence-corrected chi connectivity index (χ4v) is 1.83. The lowest BCUT2D eigenvalue weighted by Gasteiger charge is -2.18. The summed E-state index contributed by atoms with van der Waals surface area (Å²) in [7, 11) is 2.11. The van der Waals surface area contributed by atoms with Crippen LogP contribution in [0, 0.1) is 0 Å². The first-order valence-corrected chi connectivity index (χ1v) is 5.35. The number of carbonyl (C=O) groups is 1. The number of nitrogens with one attached hydrogen (secondary N) is 2. The van der Waals surface area contributed by atoms with Crippen LogP contribution in [0.2, 0.25) is 0 Å². The molecular weight excluding hydrogens is 178 g/mol. The van der Waals surface area contributed by atoms with E-state index in [-0.39, 0.29) is 11.9 Å². The average Bonchev–Trinajstić information content (AvgIpc) is 2.51. The third-order valence-corrected chi connectivity index (χ3v) is 2.62. The van der Waals surface area contributed by atoms with Gasteiger partial charge in [-0.25, -0.2) is 0 Å². The van der Waals surface area contributed by atoms with Crippen LogP contribution in [-0.4, -0.2) is 49.6 Å². The van der Waals surface area contributed by atoms with Gasteiger partial charge in [-0.15, -0.1) is 0 Å². The average molecular weight is 199 g/mol. The predicted octanol–water partition coefficient (Wildman–Crippen LogP) is -0.195. The molecule has 2 atom stereocenters. The van der Waals surface area contributed by atoms with Crippen molar-refractivity contribution in [3.63, 3.8) is 0 Å². The van der Waals surface area contributed by atoms with Gasteiger partial charge in [0.2, 0.25) is 5.91 Å². The fourth-order valence-electron chi connectivity index (χ4n) is 1.83. The first-order valence-electron chi connectivity index (χ1n) is 5.35. The summed E-state index contributed by atoms with van der Waals surface area (Å²) in [6.07, 6.45) is 1.14. The Kier molecular flexibility index (Phi) is 4.35. The number of likely N-dealkylation sites (tertiary alicyclic amines) is 1. The molecule has 1 aliphatic heterocycles. The number of carbonyl (C=O) groups excluding carboxylic acids is 1. The van der Waals surface area contributed by atoms with Crippen molar-refractivity contribution in [1.29, 1.82) is 0 Å². The highest BCUT2D eigenvalue weighted by atomic mass is 16.2. The van der Waals surface area contributed by atoms with Gasteiger partial charge in [-0.1, -0.05) is 0 Å². The molecule has 1 amide bonds. The van der Waals surface area contributed by atoms with Crippen molar-refractivity contribution in [3.05, 3.63) is 0 Å². The minimum absolute atomic E-state index is 0.0774. The monoisotopic (exact) mass is 199 g/mol. The second kappa shape index (κ2) is 5.32. The molecule has 0 spiro atoms. The van der Waals surface area contributed by atoms with Crippen molar-refractivity contribution in [2.75, 3.05) is 26.7 Å². The van der Waals surface area contributed by atoms with Gasteiger partial charge in [0.05, 0.1) is 6.04 Å². The van der Waals surface area contributed by atoms with Crippen LogP contribution < -0.4 is 10.6 Å². The Balaban J connectivity index is 2.26. The standard InChI is InChI=1S/C10H21N3O/c1-4-11-10(14)8(2)12-9-5-6-13(3)7-9/h8-9,12H,4-7H2,1-3H3,(H,11,14). The zero-order valence-electron chi connectivity index (χ0n) is 9.34. The summed E-state index contributed by atoms with van der Waals surface area (Å²) in [5, 5.41) is 6.16. The summed E-state index contributed by atoms with van der Waals surface area (Å²) in [4.78, 5) is 13.7.